The van der Waals surface area contributed by atoms with E-state index in [1.54, 1.807) is 6.07 Å². The Hall–Kier alpha value is -3.17. The van der Waals surface area contributed by atoms with Crippen LogP contribution in [0.2, 0.25) is 0 Å². The van der Waals surface area contributed by atoms with Gasteiger partial charge in [0, 0.05) is 41.7 Å². The number of pyridine rings is 1. The van der Waals surface area contributed by atoms with Crippen LogP contribution >= 0.6 is 0 Å². The van der Waals surface area contributed by atoms with Gasteiger partial charge in [-0.2, -0.15) is 4.31 Å². The second-order valence-electron chi connectivity index (χ2n) is 8.44. The maximum atomic E-state index is 13.3. The van der Waals surface area contributed by atoms with Gasteiger partial charge in [0.1, 0.15) is 5.75 Å². The molecule has 9 heteroatoms. The number of amides is 1. The van der Waals surface area contributed by atoms with Crippen molar-refractivity contribution in [1.82, 2.24) is 14.6 Å². The number of benzene rings is 2. The molecule has 0 spiro atoms. The number of fused-ring (bicyclic) bond motifs is 1. The molecule has 1 fully saturated rings. The number of hydrogen-bond donors (Lipinski definition) is 2. The Morgan fingerprint density at radius 1 is 1.18 bits per heavy atom. The van der Waals surface area contributed by atoms with Gasteiger partial charge in [0.05, 0.1) is 17.1 Å². The van der Waals surface area contributed by atoms with Crippen molar-refractivity contribution in [3.63, 3.8) is 0 Å². The SMILES string of the molecule is CCOc1ccccc1CNC(=O)c1cc(=O)[nH]c2ccc(S(=O)(=O)N3CCCCC3C)cc12. The Balaban J connectivity index is 1.67. The lowest BCUT2D eigenvalue weighted by molar-refractivity contribution is 0.0952. The lowest BCUT2D eigenvalue weighted by Crippen LogP contribution is -2.41. The highest BCUT2D eigenvalue weighted by atomic mass is 32.2. The van der Waals surface area contributed by atoms with E-state index in [1.807, 2.05) is 38.1 Å². The number of rotatable bonds is 7. The topological polar surface area (TPSA) is 109 Å². The first-order chi connectivity index (χ1) is 16.3. The molecule has 0 bridgehead atoms. The van der Waals surface area contributed by atoms with Crippen LogP contribution in [-0.2, 0) is 16.6 Å². The van der Waals surface area contributed by atoms with Crippen molar-refractivity contribution in [3.8, 4) is 5.75 Å². The Kier molecular flexibility index (Phi) is 7.04. The van der Waals surface area contributed by atoms with Gasteiger partial charge in [-0.25, -0.2) is 8.42 Å². The van der Waals surface area contributed by atoms with E-state index in [1.165, 1.54) is 22.5 Å². The van der Waals surface area contributed by atoms with Crippen molar-refractivity contribution >= 4 is 26.8 Å². The number of aromatic nitrogens is 1. The number of aromatic amines is 1. The van der Waals surface area contributed by atoms with Crippen LogP contribution in [0.1, 0.15) is 49.0 Å². The molecule has 3 aromatic rings. The highest BCUT2D eigenvalue weighted by Gasteiger charge is 2.31. The molecular weight excluding hydrogens is 454 g/mol. The summed E-state index contributed by atoms with van der Waals surface area (Å²) in [5.41, 5.74) is 0.885. The molecule has 1 aromatic heterocycles. The average molecular weight is 484 g/mol. The smallest absolute Gasteiger partial charge is 0.252 e. The summed E-state index contributed by atoms with van der Waals surface area (Å²) in [5, 5.41) is 3.21. The van der Waals surface area contributed by atoms with Gasteiger partial charge in [-0.05, 0) is 51.0 Å². The largest absolute Gasteiger partial charge is 0.494 e. The number of nitrogens with one attached hydrogen (secondary N) is 2. The lowest BCUT2D eigenvalue weighted by Gasteiger charge is -2.32. The third-order valence-corrected chi connectivity index (χ3v) is 8.13. The Labute approximate surface area is 199 Å². The van der Waals surface area contributed by atoms with Crippen LogP contribution in [0, 0.1) is 0 Å². The van der Waals surface area contributed by atoms with E-state index in [4.69, 9.17) is 4.74 Å². The molecule has 1 atom stereocenters. The summed E-state index contributed by atoms with van der Waals surface area (Å²) in [6.07, 6.45) is 2.64. The molecule has 2 N–H and O–H groups in total. The molecule has 4 rings (SSSR count). The fraction of sp³-hybridized carbons (Fsp3) is 0.360. The quantitative estimate of drug-likeness (QED) is 0.535. The number of H-pyrrole nitrogens is 1. The number of carbonyl (C=O) groups is 1. The molecule has 1 aliphatic rings. The fourth-order valence-electron chi connectivity index (χ4n) is 4.36. The molecule has 1 aliphatic heterocycles. The minimum Gasteiger partial charge on any atom is -0.494 e. The van der Waals surface area contributed by atoms with Crippen LogP contribution in [0.25, 0.3) is 10.9 Å². The molecule has 0 saturated carbocycles. The van der Waals surface area contributed by atoms with Crippen LogP contribution in [0.3, 0.4) is 0 Å². The minimum absolute atomic E-state index is 0.0850. The van der Waals surface area contributed by atoms with Crippen molar-refractivity contribution in [3.05, 3.63) is 70.0 Å². The third kappa shape index (κ3) is 4.85. The highest BCUT2D eigenvalue weighted by Crippen LogP contribution is 2.28. The van der Waals surface area contributed by atoms with Crippen LogP contribution in [0.4, 0.5) is 0 Å². The zero-order valence-electron chi connectivity index (χ0n) is 19.3. The Morgan fingerprint density at radius 3 is 2.74 bits per heavy atom. The number of sulfonamides is 1. The van der Waals surface area contributed by atoms with Gasteiger partial charge in [0.15, 0.2) is 0 Å². The molecule has 0 aliphatic carbocycles. The van der Waals surface area contributed by atoms with Gasteiger partial charge in [-0.1, -0.05) is 24.6 Å². The number of para-hydroxylation sites is 1. The first-order valence-corrected chi connectivity index (χ1v) is 12.9. The maximum Gasteiger partial charge on any atom is 0.252 e. The van der Waals surface area contributed by atoms with Crippen molar-refractivity contribution < 1.29 is 17.9 Å². The number of ether oxygens (including phenoxy) is 1. The molecule has 1 saturated heterocycles. The summed E-state index contributed by atoms with van der Waals surface area (Å²) >= 11 is 0. The normalized spacial score (nSPS) is 16.9. The van der Waals surface area contributed by atoms with Gasteiger partial charge in [0.2, 0.25) is 15.6 Å². The number of piperidine rings is 1. The van der Waals surface area contributed by atoms with E-state index in [0.29, 0.717) is 29.8 Å². The fourth-order valence-corrected chi connectivity index (χ4v) is 6.09. The van der Waals surface area contributed by atoms with E-state index in [9.17, 15) is 18.0 Å². The predicted molar refractivity (Wildman–Crippen MR) is 131 cm³/mol. The van der Waals surface area contributed by atoms with E-state index in [2.05, 4.69) is 10.3 Å². The summed E-state index contributed by atoms with van der Waals surface area (Å²) in [5.74, 6) is 0.202. The zero-order chi connectivity index (χ0) is 24.3. The van der Waals surface area contributed by atoms with Crippen LogP contribution in [0.15, 0.2) is 58.2 Å². The lowest BCUT2D eigenvalue weighted by atomic mass is 10.1. The minimum atomic E-state index is -3.73. The van der Waals surface area contributed by atoms with Gasteiger partial charge in [-0.15, -0.1) is 0 Å². The first-order valence-electron chi connectivity index (χ1n) is 11.5. The van der Waals surface area contributed by atoms with Crippen molar-refractivity contribution in [2.45, 2.75) is 50.6 Å². The molecule has 180 valence electrons. The average Bonchev–Trinajstić information content (AvgIpc) is 2.82. The summed E-state index contributed by atoms with van der Waals surface area (Å²) in [6.45, 7) is 4.96. The summed E-state index contributed by atoms with van der Waals surface area (Å²) in [4.78, 5) is 28.1. The van der Waals surface area contributed by atoms with Gasteiger partial charge in [0.25, 0.3) is 5.91 Å². The summed E-state index contributed by atoms with van der Waals surface area (Å²) < 4.78 is 33.8. The maximum absolute atomic E-state index is 13.3. The second kappa shape index (κ2) is 9.99. The number of carbonyl (C=O) groups excluding carboxylic acids is 1. The second-order valence-corrected chi connectivity index (χ2v) is 10.3. The molecule has 2 aromatic carbocycles. The zero-order valence-corrected chi connectivity index (χ0v) is 20.2. The Bertz CT molecular complexity index is 1370. The van der Waals surface area contributed by atoms with Gasteiger partial charge >= 0.3 is 0 Å². The van der Waals surface area contributed by atoms with Crippen LogP contribution < -0.4 is 15.6 Å². The molecule has 0 radical (unpaired) electrons. The van der Waals surface area contributed by atoms with Crippen molar-refractivity contribution in [2.24, 2.45) is 0 Å². The van der Waals surface area contributed by atoms with Crippen molar-refractivity contribution in [1.29, 1.82) is 0 Å². The molecule has 34 heavy (non-hydrogen) atoms. The first kappa shape index (κ1) is 24.0. The van der Waals surface area contributed by atoms with Gasteiger partial charge in [-0.3, -0.25) is 9.59 Å². The predicted octanol–water partition coefficient (Wildman–Crippen LogP) is 3.42. The number of hydrogen-bond acceptors (Lipinski definition) is 5. The molecular formula is C25H29N3O5S. The molecule has 1 amide bonds. The van der Waals surface area contributed by atoms with E-state index >= 15 is 0 Å². The third-order valence-electron chi connectivity index (χ3n) is 6.12. The standard InChI is InChI=1S/C25H29N3O5S/c1-3-33-23-10-5-4-9-18(23)16-26-25(30)21-15-24(29)27-22-12-11-19(14-20(21)22)34(31,32)28-13-7-6-8-17(28)2/h4-5,9-12,14-15,17H,3,6-8,13,16H2,1-2H3,(H,26,30)(H,27,29). The monoisotopic (exact) mass is 483 g/mol. The van der Waals surface area contributed by atoms with Crippen molar-refractivity contribution in [2.75, 3.05) is 13.2 Å². The highest BCUT2D eigenvalue weighted by molar-refractivity contribution is 7.89. The Morgan fingerprint density at radius 2 is 1.97 bits per heavy atom. The van der Waals surface area contributed by atoms with E-state index < -0.39 is 21.5 Å². The molecule has 1 unspecified atom stereocenters. The van der Waals surface area contributed by atoms with Crippen LogP contribution in [-0.4, -0.2) is 42.8 Å². The van der Waals surface area contributed by atoms with Crippen LogP contribution in [0.5, 0.6) is 5.75 Å². The van der Waals surface area contributed by atoms with E-state index in [-0.39, 0.29) is 23.0 Å². The summed E-state index contributed by atoms with van der Waals surface area (Å²) in [7, 11) is -3.73. The molecule has 2 heterocycles. The summed E-state index contributed by atoms with van der Waals surface area (Å²) in [6, 6.07) is 13.0. The number of nitrogens with zero attached hydrogens (tertiary/aromatic N) is 1. The van der Waals surface area contributed by atoms with Gasteiger partial charge < -0.3 is 15.0 Å². The van der Waals surface area contributed by atoms with E-state index in [0.717, 1.165) is 24.8 Å². The molecule has 8 nitrogen and oxygen atoms in total.